The van der Waals surface area contributed by atoms with Crippen LogP contribution in [0.3, 0.4) is 0 Å². The first kappa shape index (κ1) is 9.96. The normalized spacial score (nSPS) is 11.1. The summed E-state index contributed by atoms with van der Waals surface area (Å²) < 4.78 is 13.8. The summed E-state index contributed by atoms with van der Waals surface area (Å²) in [6.07, 6.45) is 1.96. The number of aliphatic hydroxyl groups is 1. The topological polar surface area (TPSA) is 20.2 Å². The van der Waals surface area contributed by atoms with Gasteiger partial charge in [0.1, 0.15) is 5.82 Å². The van der Waals surface area contributed by atoms with E-state index in [1.807, 2.05) is 6.26 Å². The molecule has 1 heterocycles. The third-order valence-electron chi connectivity index (χ3n) is 2.02. The lowest BCUT2D eigenvalue weighted by Crippen LogP contribution is -1.78. The van der Waals surface area contributed by atoms with Crippen LogP contribution in [0.5, 0.6) is 0 Å². The SMILES string of the molecule is CSc1c(CO)sc2cc(F)ccc12. The van der Waals surface area contributed by atoms with Crippen LogP contribution in [-0.2, 0) is 6.61 Å². The highest BCUT2D eigenvalue weighted by Crippen LogP contribution is 2.37. The van der Waals surface area contributed by atoms with Gasteiger partial charge in [-0.15, -0.1) is 23.1 Å². The predicted molar refractivity (Wildman–Crippen MR) is 59.5 cm³/mol. The largest absolute Gasteiger partial charge is 0.391 e. The van der Waals surface area contributed by atoms with Gasteiger partial charge in [-0.25, -0.2) is 4.39 Å². The van der Waals surface area contributed by atoms with Gasteiger partial charge in [-0.1, -0.05) is 0 Å². The van der Waals surface area contributed by atoms with Crippen LogP contribution in [0.4, 0.5) is 4.39 Å². The first-order valence-electron chi connectivity index (χ1n) is 4.12. The predicted octanol–water partition coefficient (Wildman–Crippen LogP) is 3.25. The maximum Gasteiger partial charge on any atom is 0.124 e. The van der Waals surface area contributed by atoms with Crippen molar-refractivity contribution in [2.45, 2.75) is 11.5 Å². The van der Waals surface area contributed by atoms with Gasteiger partial charge in [0.15, 0.2) is 0 Å². The van der Waals surface area contributed by atoms with Gasteiger partial charge in [0.2, 0.25) is 0 Å². The summed E-state index contributed by atoms with van der Waals surface area (Å²) in [6.45, 7) is 0.0249. The molecule has 0 saturated carbocycles. The molecule has 1 aromatic heterocycles. The zero-order valence-corrected chi connectivity index (χ0v) is 9.21. The third-order valence-corrected chi connectivity index (χ3v) is 4.16. The van der Waals surface area contributed by atoms with Crippen molar-refractivity contribution in [3.63, 3.8) is 0 Å². The maximum atomic E-state index is 12.9. The Hall–Kier alpha value is -0.580. The number of hydrogen-bond acceptors (Lipinski definition) is 3. The molecular formula is C10H9FOS2. The lowest BCUT2D eigenvalue weighted by molar-refractivity contribution is 0.283. The van der Waals surface area contributed by atoms with E-state index in [0.29, 0.717) is 0 Å². The molecule has 4 heteroatoms. The summed E-state index contributed by atoms with van der Waals surface area (Å²) >= 11 is 3.04. The van der Waals surface area contributed by atoms with E-state index in [9.17, 15) is 4.39 Å². The molecule has 0 radical (unpaired) electrons. The Labute approximate surface area is 89.6 Å². The summed E-state index contributed by atoms with van der Waals surface area (Å²) in [6, 6.07) is 4.74. The second kappa shape index (κ2) is 3.88. The smallest absolute Gasteiger partial charge is 0.124 e. The molecule has 1 N–H and O–H groups in total. The number of thiophene rings is 1. The van der Waals surface area contributed by atoms with Crippen molar-refractivity contribution in [2.24, 2.45) is 0 Å². The fourth-order valence-corrected chi connectivity index (χ4v) is 3.54. The minimum Gasteiger partial charge on any atom is -0.391 e. The number of thioether (sulfide) groups is 1. The quantitative estimate of drug-likeness (QED) is 0.796. The molecule has 0 amide bonds. The zero-order valence-electron chi connectivity index (χ0n) is 7.58. The van der Waals surface area contributed by atoms with E-state index in [2.05, 4.69) is 0 Å². The maximum absolute atomic E-state index is 12.9. The number of fused-ring (bicyclic) bond motifs is 1. The second-order valence-corrected chi connectivity index (χ2v) is 4.81. The molecule has 2 rings (SSSR count). The molecule has 74 valence electrons. The minimum atomic E-state index is -0.226. The first-order valence-corrected chi connectivity index (χ1v) is 6.16. The third kappa shape index (κ3) is 1.54. The second-order valence-electron chi connectivity index (χ2n) is 2.86. The summed E-state index contributed by atoms with van der Waals surface area (Å²) in [4.78, 5) is 1.98. The number of hydrogen-bond donors (Lipinski definition) is 1. The number of aliphatic hydroxyl groups excluding tert-OH is 1. The van der Waals surface area contributed by atoms with Crippen molar-refractivity contribution in [3.8, 4) is 0 Å². The van der Waals surface area contributed by atoms with Gasteiger partial charge < -0.3 is 5.11 Å². The van der Waals surface area contributed by atoms with Gasteiger partial charge in [-0.3, -0.25) is 0 Å². The molecule has 0 saturated heterocycles. The summed E-state index contributed by atoms with van der Waals surface area (Å²) in [5.74, 6) is -0.226. The summed E-state index contributed by atoms with van der Waals surface area (Å²) in [5.41, 5.74) is 0. The van der Waals surface area contributed by atoms with Gasteiger partial charge >= 0.3 is 0 Å². The van der Waals surface area contributed by atoms with Crippen LogP contribution < -0.4 is 0 Å². The number of benzene rings is 1. The fourth-order valence-electron chi connectivity index (χ4n) is 1.43. The minimum absolute atomic E-state index is 0.0249. The highest BCUT2D eigenvalue weighted by molar-refractivity contribution is 7.99. The van der Waals surface area contributed by atoms with Gasteiger partial charge in [0.25, 0.3) is 0 Å². The molecule has 1 nitrogen and oxygen atoms in total. The van der Waals surface area contributed by atoms with Crippen molar-refractivity contribution >= 4 is 33.2 Å². The van der Waals surface area contributed by atoms with E-state index in [-0.39, 0.29) is 12.4 Å². The first-order chi connectivity index (χ1) is 6.76. The Morgan fingerprint density at radius 2 is 2.29 bits per heavy atom. The Bertz CT molecular complexity index is 464. The highest BCUT2D eigenvalue weighted by atomic mass is 32.2. The Morgan fingerprint density at radius 1 is 1.50 bits per heavy atom. The van der Waals surface area contributed by atoms with E-state index in [0.717, 1.165) is 19.9 Å². The van der Waals surface area contributed by atoms with Crippen LogP contribution >= 0.6 is 23.1 Å². The molecule has 0 spiro atoms. The molecule has 0 atom stereocenters. The van der Waals surface area contributed by atoms with Crippen LogP contribution in [0.1, 0.15) is 4.88 Å². The molecule has 2 aromatic rings. The van der Waals surface area contributed by atoms with Crippen molar-refractivity contribution < 1.29 is 9.50 Å². The van der Waals surface area contributed by atoms with E-state index in [4.69, 9.17) is 5.11 Å². The molecule has 0 aliphatic rings. The lowest BCUT2D eigenvalue weighted by atomic mass is 10.2. The van der Waals surface area contributed by atoms with E-state index in [1.165, 1.54) is 23.5 Å². The van der Waals surface area contributed by atoms with Gasteiger partial charge in [-0.05, 0) is 24.5 Å². The van der Waals surface area contributed by atoms with Crippen molar-refractivity contribution in [3.05, 3.63) is 28.9 Å². The average Bonchev–Trinajstić information content (AvgIpc) is 2.54. The Balaban J connectivity index is 2.73. The molecule has 1 aromatic carbocycles. The molecule has 0 aliphatic heterocycles. The van der Waals surface area contributed by atoms with E-state index in [1.54, 1.807) is 17.8 Å². The van der Waals surface area contributed by atoms with E-state index < -0.39 is 0 Å². The Kier molecular flexibility index (Phi) is 2.76. The van der Waals surface area contributed by atoms with E-state index >= 15 is 0 Å². The summed E-state index contributed by atoms with van der Waals surface area (Å²) in [5, 5.41) is 10.2. The lowest BCUT2D eigenvalue weighted by Gasteiger charge is -1.96. The number of rotatable bonds is 2. The molecule has 0 unspecified atom stereocenters. The zero-order chi connectivity index (χ0) is 10.1. The van der Waals surface area contributed by atoms with Crippen LogP contribution in [0.25, 0.3) is 10.1 Å². The van der Waals surface area contributed by atoms with Crippen LogP contribution in [-0.4, -0.2) is 11.4 Å². The van der Waals surface area contributed by atoms with Gasteiger partial charge in [0.05, 0.1) is 6.61 Å². The molecule has 0 fully saturated rings. The Morgan fingerprint density at radius 3 is 2.93 bits per heavy atom. The molecule has 14 heavy (non-hydrogen) atoms. The number of halogens is 1. The van der Waals surface area contributed by atoms with Gasteiger partial charge in [-0.2, -0.15) is 0 Å². The van der Waals surface area contributed by atoms with Crippen LogP contribution in [0.2, 0.25) is 0 Å². The van der Waals surface area contributed by atoms with Crippen molar-refractivity contribution in [2.75, 3.05) is 6.26 Å². The average molecular weight is 228 g/mol. The monoisotopic (exact) mass is 228 g/mol. The fraction of sp³-hybridized carbons (Fsp3) is 0.200. The standard InChI is InChI=1S/C10H9FOS2/c1-13-10-7-3-2-6(11)4-8(7)14-9(10)5-12/h2-4,12H,5H2,1H3. The highest BCUT2D eigenvalue weighted by Gasteiger charge is 2.10. The molecule has 0 aliphatic carbocycles. The molecular weight excluding hydrogens is 219 g/mol. The summed E-state index contributed by atoms with van der Waals surface area (Å²) in [7, 11) is 0. The molecule has 0 bridgehead atoms. The van der Waals surface area contributed by atoms with Crippen LogP contribution in [0.15, 0.2) is 23.1 Å². The van der Waals surface area contributed by atoms with Gasteiger partial charge in [0, 0.05) is 19.9 Å². The van der Waals surface area contributed by atoms with Crippen molar-refractivity contribution in [1.82, 2.24) is 0 Å². The van der Waals surface area contributed by atoms with Crippen molar-refractivity contribution in [1.29, 1.82) is 0 Å². The van der Waals surface area contributed by atoms with Crippen LogP contribution in [0, 0.1) is 5.82 Å².